The second-order valence-corrected chi connectivity index (χ2v) is 5.10. The normalized spacial score (nSPS) is 14.6. The van der Waals surface area contributed by atoms with Crippen molar-refractivity contribution in [3.63, 3.8) is 0 Å². The van der Waals surface area contributed by atoms with E-state index in [4.69, 9.17) is 20.4 Å². The molecule has 0 spiro atoms. The summed E-state index contributed by atoms with van der Waals surface area (Å²) in [6.07, 6.45) is -3.11. The summed E-state index contributed by atoms with van der Waals surface area (Å²) in [7, 11) is 4.77. The van der Waals surface area contributed by atoms with Gasteiger partial charge < -0.3 is 29.8 Å². The molecule has 0 aliphatic heterocycles. The van der Waals surface area contributed by atoms with E-state index in [1.807, 2.05) is 0 Å². The van der Waals surface area contributed by atoms with Crippen LogP contribution in [0.25, 0.3) is 11.2 Å². The summed E-state index contributed by atoms with van der Waals surface area (Å²) in [5, 5.41) is 34.1. The van der Waals surface area contributed by atoms with Crippen LogP contribution in [-0.4, -0.2) is 70.3 Å². The number of imidazole rings is 1. The minimum atomic E-state index is -1.64. The highest BCUT2D eigenvalue weighted by Gasteiger charge is 2.22. The molecule has 0 fully saturated rings. The molecule has 2 rings (SSSR count). The number of hydrogen-bond acceptors (Lipinski definition) is 8. The lowest BCUT2D eigenvalue weighted by molar-refractivity contribution is -0.127. The molecule has 2 aromatic rings. The van der Waals surface area contributed by atoms with Crippen molar-refractivity contribution >= 4 is 17.5 Å². The molecular weight excluding hydrogens is 324 g/mol. The van der Waals surface area contributed by atoms with E-state index in [0.29, 0.717) is 11.2 Å². The van der Waals surface area contributed by atoms with Crippen LogP contribution < -0.4 is 11.2 Å². The van der Waals surface area contributed by atoms with E-state index >= 15 is 0 Å². The van der Waals surface area contributed by atoms with Gasteiger partial charge in [0.1, 0.15) is 18.3 Å². The fourth-order valence-electron chi connectivity index (χ4n) is 1.89. The first-order chi connectivity index (χ1) is 11.2. The Labute approximate surface area is 135 Å². The van der Waals surface area contributed by atoms with Crippen molar-refractivity contribution in [1.82, 2.24) is 18.7 Å². The number of aldehydes is 1. The molecule has 11 nitrogen and oxygen atoms in total. The van der Waals surface area contributed by atoms with Gasteiger partial charge in [-0.25, -0.2) is 9.78 Å². The maximum atomic E-state index is 11.7. The Morgan fingerprint density at radius 1 is 1.17 bits per heavy atom. The molecule has 0 saturated carbocycles. The van der Waals surface area contributed by atoms with Crippen LogP contribution in [0.1, 0.15) is 0 Å². The lowest BCUT2D eigenvalue weighted by atomic mass is 10.1. The molecule has 0 aliphatic carbocycles. The van der Waals surface area contributed by atoms with Gasteiger partial charge in [0.05, 0.1) is 12.9 Å². The van der Waals surface area contributed by atoms with Crippen LogP contribution in [0.15, 0.2) is 15.9 Å². The highest BCUT2D eigenvalue weighted by molar-refractivity contribution is 5.69. The largest absolute Gasteiger partial charge is 0.394 e. The first kappa shape index (κ1) is 19.7. The van der Waals surface area contributed by atoms with Crippen LogP contribution in [0, 0.1) is 0 Å². The van der Waals surface area contributed by atoms with Crippen molar-refractivity contribution in [1.29, 1.82) is 0 Å². The summed E-state index contributed by atoms with van der Waals surface area (Å²) in [6, 6.07) is 0. The van der Waals surface area contributed by atoms with E-state index in [9.17, 15) is 14.4 Å². The van der Waals surface area contributed by atoms with Crippen molar-refractivity contribution in [3.8, 4) is 0 Å². The quantitative estimate of drug-likeness (QED) is 0.411. The Morgan fingerprint density at radius 3 is 2.25 bits per heavy atom. The molecule has 11 heteroatoms. The molecule has 0 saturated heterocycles. The third-order valence-electron chi connectivity index (χ3n) is 3.39. The molecule has 0 radical (unpaired) electrons. The summed E-state index contributed by atoms with van der Waals surface area (Å²) >= 11 is 0. The van der Waals surface area contributed by atoms with Gasteiger partial charge in [0.2, 0.25) is 0 Å². The summed E-state index contributed by atoms with van der Waals surface area (Å²) in [5.74, 6) is 0. The average Bonchev–Trinajstić information content (AvgIpc) is 2.98. The van der Waals surface area contributed by atoms with Gasteiger partial charge in [0.15, 0.2) is 17.5 Å². The van der Waals surface area contributed by atoms with Crippen molar-refractivity contribution in [2.75, 3.05) is 6.61 Å². The fourth-order valence-corrected chi connectivity index (χ4v) is 1.89. The molecule has 2 heterocycles. The minimum Gasteiger partial charge on any atom is -0.394 e. The van der Waals surface area contributed by atoms with Gasteiger partial charge >= 0.3 is 5.69 Å². The molecule has 0 bridgehead atoms. The number of aryl methyl sites for hydroxylation is 2. The summed E-state index contributed by atoms with van der Waals surface area (Å²) in [4.78, 5) is 36.9. The Kier molecular flexibility index (Phi) is 6.54. The molecule has 3 atom stereocenters. The van der Waals surface area contributed by atoms with E-state index in [0.717, 1.165) is 4.57 Å². The van der Waals surface area contributed by atoms with E-state index in [2.05, 4.69) is 4.98 Å². The Bertz CT molecular complexity index is 822. The number of fused-ring (bicyclic) bond motifs is 1. The van der Waals surface area contributed by atoms with Gasteiger partial charge in [0, 0.05) is 21.1 Å². The van der Waals surface area contributed by atoms with Gasteiger partial charge in [-0.2, -0.15) is 0 Å². The van der Waals surface area contributed by atoms with Crippen LogP contribution in [-0.2, 0) is 25.9 Å². The second-order valence-electron chi connectivity index (χ2n) is 5.10. The lowest BCUT2D eigenvalue weighted by Gasteiger charge is -2.16. The predicted octanol–water partition coefficient (Wildman–Crippen LogP) is -3.77. The van der Waals surface area contributed by atoms with Crippen LogP contribution in [0.3, 0.4) is 0 Å². The topological polar surface area (TPSA) is 160 Å². The number of rotatable bonds is 4. The number of aromatic nitrogens is 4. The zero-order valence-corrected chi connectivity index (χ0v) is 13.4. The third kappa shape index (κ3) is 3.76. The molecule has 134 valence electrons. The van der Waals surface area contributed by atoms with Crippen LogP contribution in [0.4, 0.5) is 0 Å². The average molecular weight is 344 g/mol. The molecule has 0 amide bonds. The SMILES string of the molecule is Cn1c(=O)c2c(ncn2C)n(C)c1=O.O=CC(O)C(O)C(O)CO. The number of aliphatic hydroxyl groups is 4. The lowest BCUT2D eigenvalue weighted by Crippen LogP contribution is -2.40. The monoisotopic (exact) mass is 344 g/mol. The maximum absolute atomic E-state index is 11.7. The van der Waals surface area contributed by atoms with E-state index in [1.54, 1.807) is 18.7 Å². The van der Waals surface area contributed by atoms with Crippen molar-refractivity contribution in [2.24, 2.45) is 21.1 Å². The smallest absolute Gasteiger partial charge is 0.332 e. The molecule has 3 unspecified atom stereocenters. The van der Waals surface area contributed by atoms with E-state index in [1.165, 1.54) is 17.9 Å². The summed E-state index contributed by atoms with van der Waals surface area (Å²) in [5.41, 5.74) is 0.180. The molecule has 24 heavy (non-hydrogen) atoms. The van der Waals surface area contributed by atoms with Crippen molar-refractivity contribution < 1.29 is 25.2 Å². The van der Waals surface area contributed by atoms with Gasteiger partial charge in [-0.1, -0.05) is 0 Å². The third-order valence-corrected chi connectivity index (χ3v) is 3.39. The Hall–Kier alpha value is -2.34. The van der Waals surface area contributed by atoms with E-state index < -0.39 is 24.9 Å². The fraction of sp³-hybridized carbons (Fsp3) is 0.538. The summed E-state index contributed by atoms with van der Waals surface area (Å²) < 4.78 is 4.04. The van der Waals surface area contributed by atoms with Crippen molar-refractivity contribution in [3.05, 3.63) is 27.2 Å². The first-order valence-electron chi connectivity index (χ1n) is 6.84. The minimum absolute atomic E-state index is 0.0869. The molecule has 0 aliphatic rings. The van der Waals surface area contributed by atoms with Gasteiger partial charge in [-0.3, -0.25) is 13.9 Å². The second kappa shape index (κ2) is 7.97. The first-order valence-corrected chi connectivity index (χ1v) is 6.84. The highest BCUT2D eigenvalue weighted by atomic mass is 16.4. The summed E-state index contributed by atoms with van der Waals surface area (Å²) in [6.45, 7) is -0.688. The predicted molar refractivity (Wildman–Crippen MR) is 82.4 cm³/mol. The Morgan fingerprint density at radius 2 is 1.75 bits per heavy atom. The molecule has 2 aromatic heterocycles. The van der Waals surface area contributed by atoms with Crippen molar-refractivity contribution in [2.45, 2.75) is 18.3 Å². The van der Waals surface area contributed by atoms with Gasteiger partial charge in [-0.15, -0.1) is 0 Å². The van der Waals surface area contributed by atoms with Gasteiger partial charge in [-0.05, 0) is 0 Å². The zero-order chi connectivity index (χ0) is 18.6. The zero-order valence-electron chi connectivity index (χ0n) is 13.4. The van der Waals surface area contributed by atoms with E-state index in [-0.39, 0.29) is 17.5 Å². The van der Waals surface area contributed by atoms with Crippen LogP contribution in [0.2, 0.25) is 0 Å². The number of carbonyl (C=O) groups excluding carboxylic acids is 1. The standard InChI is InChI=1S/C8H10N4O2.C5H10O5/c1-10-4-9-6-5(10)7(13)12(3)8(14)11(6)2;6-1-3(8)5(10)4(9)2-7/h4H,1-3H3;1,3-5,7-10H,2H2. The number of nitrogens with zero attached hydrogens (tertiary/aromatic N) is 4. The number of hydrogen-bond donors (Lipinski definition) is 4. The van der Waals surface area contributed by atoms with Crippen LogP contribution in [0.5, 0.6) is 0 Å². The molecule has 4 N–H and O–H groups in total. The number of aliphatic hydroxyl groups excluding tert-OH is 4. The van der Waals surface area contributed by atoms with Gasteiger partial charge in [0.25, 0.3) is 5.56 Å². The number of carbonyl (C=O) groups is 1. The molecule has 0 aromatic carbocycles. The highest BCUT2D eigenvalue weighted by Crippen LogP contribution is 2.01. The van der Waals surface area contributed by atoms with Crippen LogP contribution >= 0.6 is 0 Å². The maximum Gasteiger partial charge on any atom is 0.332 e. The Balaban J connectivity index is 0.000000257. The molecular formula is C13H20N4O7.